The van der Waals surface area contributed by atoms with Crippen molar-refractivity contribution in [2.75, 3.05) is 0 Å². The molecule has 0 saturated heterocycles. The Balaban J connectivity index is 1.81. The van der Waals surface area contributed by atoms with E-state index >= 15 is 0 Å². The Morgan fingerprint density at radius 2 is 2.24 bits per heavy atom. The lowest BCUT2D eigenvalue weighted by molar-refractivity contribution is 0.300. The van der Waals surface area contributed by atoms with E-state index in [1.54, 1.807) is 12.1 Å². The molecule has 21 heavy (non-hydrogen) atoms. The first kappa shape index (κ1) is 14.6. The van der Waals surface area contributed by atoms with Gasteiger partial charge in [0.2, 0.25) is 0 Å². The molecule has 1 aliphatic carbocycles. The highest BCUT2D eigenvalue weighted by Crippen LogP contribution is 2.37. The fourth-order valence-corrected chi connectivity index (χ4v) is 3.31. The van der Waals surface area contributed by atoms with Crippen molar-refractivity contribution in [1.29, 1.82) is 0 Å². The summed E-state index contributed by atoms with van der Waals surface area (Å²) in [5.41, 5.74) is 0.748. The van der Waals surface area contributed by atoms with Gasteiger partial charge >= 0.3 is 0 Å². The van der Waals surface area contributed by atoms with Crippen molar-refractivity contribution in [2.45, 2.75) is 44.9 Å². The second kappa shape index (κ2) is 6.18. The van der Waals surface area contributed by atoms with Crippen LogP contribution in [0.3, 0.4) is 0 Å². The number of phenols is 1. The van der Waals surface area contributed by atoms with Crippen molar-refractivity contribution in [3.8, 4) is 17.2 Å². The van der Waals surface area contributed by atoms with E-state index < -0.39 is 0 Å². The summed E-state index contributed by atoms with van der Waals surface area (Å²) in [7, 11) is 0. The Hall–Kier alpha value is -1.36. The molecule has 112 valence electrons. The van der Waals surface area contributed by atoms with E-state index in [4.69, 9.17) is 4.52 Å². The number of aromatic nitrogens is 2. The first-order valence-electron chi connectivity index (χ1n) is 7.50. The lowest BCUT2D eigenvalue weighted by atomic mass is 9.80. The smallest absolute Gasteiger partial charge is 0.258 e. The summed E-state index contributed by atoms with van der Waals surface area (Å²) in [5, 5.41) is 13.9. The van der Waals surface area contributed by atoms with Crippen LogP contribution in [-0.4, -0.2) is 15.2 Å². The summed E-state index contributed by atoms with van der Waals surface area (Å²) in [6.07, 6.45) is 6.08. The summed E-state index contributed by atoms with van der Waals surface area (Å²) in [4.78, 5) is 4.54. The van der Waals surface area contributed by atoms with Gasteiger partial charge in [-0.3, -0.25) is 0 Å². The minimum atomic E-state index is 0.177. The maximum Gasteiger partial charge on any atom is 0.258 e. The van der Waals surface area contributed by atoms with Crippen LogP contribution in [0, 0.1) is 5.92 Å². The standard InChI is InChI=1S/C16H19BrN2O2/c1-2-10-4-3-5-11(8-10)15-18-16(21-19-15)12-6-7-13(17)14(20)9-12/h6-7,9-11,20H,2-5,8H2,1H3. The molecule has 1 aromatic heterocycles. The van der Waals surface area contributed by atoms with Crippen LogP contribution in [0.2, 0.25) is 0 Å². The van der Waals surface area contributed by atoms with E-state index in [9.17, 15) is 5.11 Å². The number of hydrogen-bond acceptors (Lipinski definition) is 4. The Morgan fingerprint density at radius 3 is 3.00 bits per heavy atom. The lowest BCUT2D eigenvalue weighted by Gasteiger charge is -2.26. The van der Waals surface area contributed by atoms with Crippen LogP contribution in [-0.2, 0) is 0 Å². The lowest BCUT2D eigenvalue weighted by Crippen LogP contribution is -2.14. The summed E-state index contributed by atoms with van der Waals surface area (Å²) in [6.45, 7) is 2.25. The molecule has 0 spiro atoms. The van der Waals surface area contributed by atoms with Gasteiger partial charge in [-0.05, 0) is 52.9 Å². The Labute approximate surface area is 132 Å². The Kier molecular flexibility index (Phi) is 4.29. The highest BCUT2D eigenvalue weighted by Gasteiger charge is 2.26. The molecule has 0 amide bonds. The molecule has 3 rings (SSSR count). The second-order valence-corrected chi connectivity index (χ2v) is 6.62. The summed E-state index contributed by atoms with van der Waals surface area (Å²) in [6, 6.07) is 5.27. The molecule has 0 bridgehead atoms. The third-order valence-corrected chi connectivity index (χ3v) is 5.03. The molecule has 4 nitrogen and oxygen atoms in total. The minimum Gasteiger partial charge on any atom is -0.507 e. The van der Waals surface area contributed by atoms with Gasteiger partial charge in [0.05, 0.1) is 4.47 Å². The molecular formula is C16H19BrN2O2. The molecule has 2 atom stereocenters. The molecule has 2 aromatic rings. The van der Waals surface area contributed by atoms with Gasteiger partial charge in [0.1, 0.15) is 5.75 Å². The van der Waals surface area contributed by atoms with E-state index in [0.717, 1.165) is 30.1 Å². The quantitative estimate of drug-likeness (QED) is 0.855. The molecular weight excluding hydrogens is 332 g/mol. The zero-order valence-corrected chi connectivity index (χ0v) is 13.6. The average Bonchev–Trinajstić information content (AvgIpc) is 3.00. The highest BCUT2D eigenvalue weighted by molar-refractivity contribution is 9.10. The fraction of sp³-hybridized carbons (Fsp3) is 0.500. The molecule has 0 radical (unpaired) electrons. The molecule has 1 aromatic carbocycles. The van der Waals surface area contributed by atoms with E-state index in [1.807, 2.05) is 6.07 Å². The molecule has 5 heteroatoms. The van der Waals surface area contributed by atoms with Gasteiger partial charge in [-0.15, -0.1) is 0 Å². The average molecular weight is 351 g/mol. The van der Waals surface area contributed by atoms with E-state index in [1.165, 1.54) is 19.3 Å². The number of nitrogens with zero attached hydrogens (tertiary/aromatic N) is 2. The normalized spacial score (nSPS) is 22.4. The fourth-order valence-electron chi connectivity index (χ4n) is 3.06. The number of rotatable bonds is 3. The zero-order chi connectivity index (χ0) is 14.8. The van der Waals surface area contributed by atoms with Crippen molar-refractivity contribution in [2.24, 2.45) is 5.92 Å². The van der Waals surface area contributed by atoms with Gasteiger partial charge in [-0.2, -0.15) is 4.98 Å². The van der Waals surface area contributed by atoms with Crippen molar-refractivity contribution in [3.05, 3.63) is 28.5 Å². The van der Waals surface area contributed by atoms with Crippen LogP contribution in [0.25, 0.3) is 11.5 Å². The largest absolute Gasteiger partial charge is 0.507 e. The van der Waals surface area contributed by atoms with Gasteiger partial charge < -0.3 is 9.63 Å². The zero-order valence-electron chi connectivity index (χ0n) is 12.1. The maximum atomic E-state index is 9.75. The maximum absolute atomic E-state index is 9.75. The van der Waals surface area contributed by atoms with E-state index in [2.05, 4.69) is 33.0 Å². The number of aromatic hydroxyl groups is 1. The van der Waals surface area contributed by atoms with Crippen LogP contribution >= 0.6 is 15.9 Å². The predicted octanol–water partition coefficient (Wildman–Crippen LogP) is 4.89. The SMILES string of the molecule is CCC1CCCC(c2noc(-c3ccc(Br)c(O)c3)n2)C1. The summed E-state index contributed by atoms with van der Waals surface area (Å²) in [5.74, 6) is 2.65. The number of phenolic OH excluding ortho intramolecular Hbond substituents is 1. The van der Waals surface area contributed by atoms with Crippen molar-refractivity contribution in [1.82, 2.24) is 10.1 Å². The van der Waals surface area contributed by atoms with Crippen molar-refractivity contribution in [3.63, 3.8) is 0 Å². The van der Waals surface area contributed by atoms with E-state index in [-0.39, 0.29) is 5.75 Å². The first-order valence-corrected chi connectivity index (χ1v) is 8.29. The van der Waals surface area contributed by atoms with Crippen LogP contribution in [0.15, 0.2) is 27.2 Å². The van der Waals surface area contributed by atoms with Gasteiger partial charge in [-0.25, -0.2) is 0 Å². The van der Waals surface area contributed by atoms with Gasteiger partial charge in [-0.1, -0.05) is 31.3 Å². The Morgan fingerprint density at radius 1 is 1.38 bits per heavy atom. The van der Waals surface area contributed by atoms with Crippen LogP contribution < -0.4 is 0 Å². The molecule has 1 heterocycles. The third kappa shape index (κ3) is 3.12. The molecule has 2 unspecified atom stereocenters. The molecule has 1 aliphatic rings. The Bertz CT molecular complexity index is 626. The van der Waals surface area contributed by atoms with Crippen LogP contribution in [0.1, 0.15) is 50.8 Å². The van der Waals surface area contributed by atoms with Gasteiger partial charge in [0.15, 0.2) is 5.82 Å². The summed E-state index contributed by atoms with van der Waals surface area (Å²) < 4.78 is 6.04. The van der Waals surface area contributed by atoms with E-state index in [0.29, 0.717) is 16.3 Å². The molecule has 1 saturated carbocycles. The van der Waals surface area contributed by atoms with Gasteiger partial charge in [0.25, 0.3) is 5.89 Å². The van der Waals surface area contributed by atoms with Crippen LogP contribution in [0.4, 0.5) is 0 Å². The molecule has 1 fully saturated rings. The molecule has 0 aliphatic heterocycles. The summed E-state index contributed by atoms with van der Waals surface area (Å²) >= 11 is 3.27. The second-order valence-electron chi connectivity index (χ2n) is 5.76. The number of halogens is 1. The van der Waals surface area contributed by atoms with Gasteiger partial charge in [0, 0.05) is 11.5 Å². The topological polar surface area (TPSA) is 59.2 Å². The molecule has 1 N–H and O–H groups in total. The first-order chi connectivity index (χ1) is 10.2. The highest BCUT2D eigenvalue weighted by atomic mass is 79.9. The monoisotopic (exact) mass is 350 g/mol. The van der Waals surface area contributed by atoms with Crippen molar-refractivity contribution >= 4 is 15.9 Å². The number of hydrogen-bond donors (Lipinski definition) is 1. The van der Waals surface area contributed by atoms with Crippen LogP contribution in [0.5, 0.6) is 5.75 Å². The predicted molar refractivity (Wildman–Crippen MR) is 84.1 cm³/mol. The third-order valence-electron chi connectivity index (χ3n) is 4.36. The number of benzene rings is 1. The minimum absolute atomic E-state index is 0.177. The van der Waals surface area contributed by atoms with Crippen molar-refractivity contribution < 1.29 is 9.63 Å².